The zero-order chi connectivity index (χ0) is 18.6. The van der Waals surface area contributed by atoms with Crippen molar-refractivity contribution in [1.82, 2.24) is 15.3 Å². The van der Waals surface area contributed by atoms with Crippen molar-refractivity contribution in [1.29, 1.82) is 0 Å². The highest BCUT2D eigenvalue weighted by molar-refractivity contribution is 5.93. The molecule has 0 bridgehead atoms. The lowest BCUT2D eigenvalue weighted by atomic mass is 10.2. The summed E-state index contributed by atoms with van der Waals surface area (Å²) in [6.45, 7) is 0.0988. The van der Waals surface area contributed by atoms with Crippen LogP contribution >= 0.6 is 0 Å². The van der Waals surface area contributed by atoms with E-state index in [2.05, 4.69) is 20.6 Å². The van der Waals surface area contributed by atoms with Crippen LogP contribution in [0.5, 0.6) is 0 Å². The summed E-state index contributed by atoms with van der Waals surface area (Å²) < 4.78 is 13.8. The molecule has 1 amide bonds. The molecule has 3 aromatic rings. The first-order chi connectivity index (χ1) is 13.2. The van der Waals surface area contributed by atoms with Crippen molar-refractivity contribution in [2.45, 2.75) is 25.4 Å². The Labute approximate surface area is 156 Å². The third kappa shape index (κ3) is 4.28. The molecule has 0 aliphatic heterocycles. The number of halogens is 1. The van der Waals surface area contributed by atoms with E-state index < -0.39 is 0 Å². The second-order valence-corrected chi connectivity index (χ2v) is 6.52. The fraction of sp³-hybridized carbons (Fsp3) is 0.190. The summed E-state index contributed by atoms with van der Waals surface area (Å²) in [5.41, 5.74) is 1.52. The average Bonchev–Trinajstić information content (AvgIpc) is 3.51. The first kappa shape index (κ1) is 17.1. The first-order valence-electron chi connectivity index (χ1n) is 8.92. The molecule has 0 radical (unpaired) electrons. The van der Waals surface area contributed by atoms with Crippen molar-refractivity contribution < 1.29 is 9.18 Å². The highest BCUT2D eigenvalue weighted by atomic mass is 19.1. The smallest absolute Gasteiger partial charge is 0.270 e. The summed E-state index contributed by atoms with van der Waals surface area (Å²) in [5, 5.41) is 6.05. The highest BCUT2D eigenvalue weighted by Gasteiger charge is 2.22. The van der Waals surface area contributed by atoms with Gasteiger partial charge in [-0.05, 0) is 18.9 Å². The van der Waals surface area contributed by atoms with Crippen molar-refractivity contribution in [3.05, 3.63) is 77.7 Å². The minimum atomic E-state index is -0.364. The summed E-state index contributed by atoms with van der Waals surface area (Å²) in [5.74, 6) is 0.401. The van der Waals surface area contributed by atoms with Gasteiger partial charge in [-0.2, -0.15) is 0 Å². The SMILES string of the molecule is O=C(NCc1ccccc1F)c1cc(NC2CC2)nc(-c2ccccc2)n1. The Morgan fingerprint density at radius 3 is 2.52 bits per heavy atom. The maximum absolute atomic E-state index is 13.8. The zero-order valence-corrected chi connectivity index (χ0v) is 14.7. The lowest BCUT2D eigenvalue weighted by molar-refractivity contribution is 0.0945. The van der Waals surface area contributed by atoms with Gasteiger partial charge in [0.15, 0.2) is 5.82 Å². The van der Waals surface area contributed by atoms with Gasteiger partial charge in [-0.1, -0.05) is 48.5 Å². The molecule has 2 N–H and O–H groups in total. The number of nitrogens with one attached hydrogen (secondary N) is 2. The van der Waals surface area contributed by atoms with E-state index in [-0.39, 0.29) is 24.0 Å². The van der Waals surface area contributed by atoms with Crippen LogP contribution in [0.15, 0.2) is 60.7 Å². The van der Waals surface area contributed by atoms with Gasteiger partial charge in [-0.3, -0.25) is 4.79 Å². The molecule has 0 saturated heterocycles. The van der Waals surface area contributed by atoms with Crippen molar-refractivity contribution >= 4 is 11.7 Å². The van der Waals surface area contributed by atoms with Gasteiger partial charge in [0.2, 0.25) is 0 Å². The maximum atomic E-state index is 13.8. The number of anilines is 1. The van der Waals surface area contributed by atoms with Gasteiger partial charge in [-0.15, -0.1) is 0 Å². The molecule has 5 nitrogen and oxygen atoms in total. The molecule has 1 fully saturated rings. The molecule has 0 spiro atoms. The van der Waals surface area contributed by atoms with Crippen molar-refractivity contribution in [2.24, 2.45) is 0 Å². The van der Waals surface area contributed by atoms with Gasteiger partial charge in [-0.25, -0.2) is 14.4 Å². The predicted molar refractivity (Wildman–Crippen MR) is 102 cm³/mol. The third-order valence-electron chi connectivity index (χ3n) is 4.32. The zero-order valence-electron chi connectivity index (χ0n) is 14.7. The van der Waals surface area contributed by atoms with E-state index in [1.165, 1.54) is 6.07 Å². The Balaban J connectivity index is 1.58. The second kappa shape index (κ2) is 7.53. The molecule has 4 rings (SSSR count). The predicted octanol–water partition coefficient (Wildman–Crippen LogP) is 3.79. The molecule has 0 atom stereocenters. The van der Waals surface area contributed by atoms with Crippen molar-refractivity contribution in [3.8, 4) is 11.4 Å². The summed E-state index contributed by atoms with van der Waals surface area (Å²) >= 11 is 0. The molecule has 27 heavy (non-hydrogen) atoms. The number of carbonyl (C=O) groups excluding carboxylic acids is 1. The van der Waals surface area contributed by atoms with Crippen LogP contribution in [0.4, 0.5) is 10.2 Å². The van der Waals surface area contributed by atoms with Crippen LogP contribution in [-0.4, -0.2) is 21.9 Å². The summed E-state index contributed by atoms with van der Waals surface area (Å²) in [4.78, 5) is 21.6. The van der Waals surface area contributed by atoms with Crippen LogP contribution in [0.3, 0.4) is 0 Å². The first-order valence-corrected chi connectivity index (χ1v) is 8.92. The Morgan fingerprint density at radius 1 is 1.04 bits per heavy atom. The van der Waals surface area contributed by atoms with E-state index in [9.17, 15) is 9.18 Å². The number of aromatic nitrogens is 2. The van der Waals surface area contributed by atoms with E-state index in [0.29, 0.717) is 23.2 Å². The van der Waals surface area contributed by atoms with Gasteiger partial charge in [0.05, 0.1) is 0 Å². The fourth-order valence-corrected chi connectivity index (χ4v) is 2.70. The minimum absolute atomic E-state index is 0.0988. The van der Waals surface area contributed by atoms with E-state index in [0.717, 1.165) is 18.4 Å². The largest absolute Gasteiger partial charge is 0.367 e. The van der Waals surface area contributed by atoms with E-state index in [4.69, 9.17) is 0 Å². The lowest BCUT2D eigenvalue weighted by Crippen LogP contribution is -2.25. The summed E-state index contributed by atoms with van der Waals surface area (Å²) in [6.07, 6.45) is 2.19. The van der Waals surface area contributed by atoms with Crippen LogP contribution in [0.2, 0.25) is 0 Å². The molecular weight excluding hydrogens is 343 g/mol. The Hall–Kier alpha value is -3.28. The number of hydrogen-bond donors (Lipinski definition) is 2. The standard InChI is InChI=1S/C21H19FN4O/c22-17-9-5-4-8-15(17)13-23-21(27)18-12-19(24-16-10-11-16)26-20(25-18)14-6-2-1-3-7-14/h1-9,12,16H,10-11,13H2,(H,23,27)(H,24,25,26). The molecule has 1 aromatic heterocycles. The quantitative estimate of drug-likeness (QED) is 0.700. The molecule has 6 heteroatoms. The summed E-state index contributed by atoms with van der Waals surface area (Å²) in [7, 11) is 0. The van der Waals surface area contributed by atoms with Gasteiger partial charge < -0.3 is 10.6 Å². The molecule has 1 heterocycles. The van der Waals surface area contributed by atoms with Gasteiger partial charge >= 0.3 is 0 Å². The molecule has 1 aliphatic carbocycles. The summed E-state index contributed by atoms with van der Waals surface area (Å²) in [6, 6.07) is 17.9. The van der Waals surface area contributed by atoms with E-state index in [1.54, 1.807) is 24.3 Å². The number of amides is 1. The molecule has 2 aromatic carbocycles. The Morgan fingerprint density at radius 2 is 1.78 bits per heavy atom. The van der Waals surface area contributed by atoms with Crippen LogP contribution in [-0.2, 0) is 6.54 Å². The van der Waals surface area contributed by atoms with Gasteiger partial charge in [0, 0.05) is 29.8 Å². The van der Waals surface area contributed by atoms with E-state index >= 15 is 0 Å². The highest BCUT2D eigenvalue weighted by Crippen LogP contribution is 2.25. The average molecular weight is 362 g/mol. The van der Waals surface area contributed by atoms with Crippen molar-refractivity contribution in [2.75, 3.05) is 5.32 Å². The van der Waals surface area contributed by atoms with Gasteiger partial charge in [0.1, 0.15) is 17.3 Å². The molecular formula is C21H19FN4O. The normalized spacial score (nSPS) is 13.2. The van der Waals surface area contributed by atoms with Crippen LogP contribution in [0, 0.1) is 5.82 Å². The number of benzene rings is 2. The van der Waals surface area contributed by atoms with Crippen LogP contribution in [0.25, 0.3) is 11.4 Å². The molecule has 1 aliphatic rings. The van der Waals surface area contributed by atoms with Crippen molar-refractivity contribution in [3.63, 3.8) is 0 Å². The van der Waals surface area contributed by atoms with E-state index in [1.807, 2.05) is 30.3 Å². The van der Waals surface area contributed by atoms with Crippen LogP contribution < -0.4 is 10.6 Å². The molecule has 1 saturated carbocycles. The maximum Gasteiger partial charge on any atom is 0.270 e. The Bertz CT molecular complexity index is 957. The monoisotopic (exact) mass is 362 g/mol. The Kier molecular flexibility index (Phi) is 4.78. The van der Waals surface area contributed by atoms with Crippen LogP contribution in [0.1, 0.15) is 28.9 Å². The second-order valence-electron chi connectivity index (χ2n) is 6.52. The number of hydrogen-bond acceptors (Lipinski definition) is 4. The van der Waals surface area contributed by atoms with Gasteiger partial charge in [0.25, 0.3) is 5.91 Å². The number of carbonyl (C=O) groups is 1. The molecule has 136 valence electrons. The molecule has 0 unspecified atom stereocenters. The third-order valence-corrected chi connectivity index (χ3v) is 4.32. The number of nitrogens with zero attached hydrogens (tertiary/aromatic N) is 2. The number of rotatable bonds is 6. The minimum Gasteiger partial charge on any atom is -0.367 e. The topological polar surface area (TPSA) is 66.9 Å². The fourth-order valence-electron chi connectivity index (χ4n) is 2.70. The lowest BCUT2D eigenvalue weighted by Gasteiger charge is -2.10.